The lowest BCUT2D eigenvalue weighted by atomic mass is 10.1. The van der Waals surface area contributed by atoms with Gasteiger partial charge in [-0.2, -0.15) is 0 Å². The molecule has 0 spiro atoms. The summed E-state index contributed by atoms with van der Waals surface area (Å²) in [6, 6.07) is 5.26. The molecule has 0 bridgehead atoms. The Kier molecular flexibility index (Phi) is 6.09. The molecule has 0 heterocycles. The molecule has 0 saturated carbocycles. The minimum atomic E-state index is -0.105. The van der Waals surface area contributed by atoms with E-state index in [1.807, 2.05) is 13.0 Å². The number of hydrogen-bond donors (Lipinski definition) is 1. The zero-order valence-corrected chi connectivity index (χ0v) is 10.4. The summed E-state index contributed by atoms with van der Waals surface area (Å²) in [5.41, 5.74) is 1.89. The number of aryl methyl sites for hydroxylation is 1. The highest BCUT2D eigenvalue weighted by Gasteiger charge is 2.00. The van der Waals surface area contributed by atoms with Crippen LogP contribution in [0.25, 0.3) is 0 Å². The number of halogens is 1. The summed E-state index contributed by atoms with van der Waals surface area (Å²) in [7, 11) is 0. The van der Waals surface area contributed by atoms with Crippen LogP contribution in [0.15, 0.2) is 18.2 Å². The molecule has 0 aliphatic heterocycles. The highest BCUT2D eigenvalue weighted by Crippen LogP contribution is 2.09. The van der Waals surface area contributed by atoms with Gasteiger partial charge in [-0.25, -0.2) is 4.39 Å². The fourth-order valence-corrected chi connectivity index (χ4v) is 1.74. The highest BCUT2D eigenvalue weighted by atomic mass is 19.1. The average Bonchev–Trinajstić information content (AvgIpc) is 2.28. The van der Waals surface area contributed by atoms with E-state index in [1.54, 1.807) is 12.1 Å². The van der Waals surface area contributed by atoms with Crippen molar-refractivity contribution in [3.63, 3.8) is 0 Å². The van der Waals surface area contributed by atoms with E-state index >= 15 is 0 Å². The van der Waals surface area contributed by atoms with Gasteiger partial charge >= 0.3 is 0 Å². The van der Waals surface area contributed by atoms with E-state index in [-0.39, 0.29) is 5.82 Å². The largest absolute Gasteiger partial charge is 0.313 e. The SMILES string of the molecule is CCCCCCNCc1cc(C)ccc1F. The van der Waals surface area contributed by atoms with Crippen LogP contribution in [-0.4, -0.2) is 6.54 Å². The molecule has 16 heavy (non-hydrogen) atoms. The molecule has 0 atom stereocenters. The van der Waals surface area contributed by atoms with Crippen LogP contribution in [0, 0.1) is 12.7 Å². The molecule has 1 rings (SSSR count). The van der Waals surface area contributed by atoms with E-state index in [0.29, 0.717) is 6.54 Å². The molecule has 0 aromatic heterocycles. The van der Waals surface area contributed by atoms with Gasteiger partial charge in [0.15, 0.2) is 0 Å². The number of benzene rings is 1. The Morgan fingerprint density at radius 3 is 2.75 bits per heavy atom. The number of unbranched alkanes of at least 4 members (excludes halogenated alkanes) is 3. The van der Waals surface area contributed by atoms with Crippen LogP contribution in [0.5, 0.6) is 0 Å². The van der Waals surface area contributed by atoms with Crippen LogP contribution in [0.3, 0.4) is 0 Å². The van der Waals surface area contributed by atoms with Gasteiger partial charge in [0.1, 0.15) is 5.82 Å². The van der Waals surface area contributed by atoms with Crippen molar-refractivity contribution in [1.82, 2.24) is 5.32 Å². The second kappa shape index (κ2) is 7.39. The molecule has 0 radical (unpaired) electrons. The van der Waals surface area contributed by atoms with E-state index in [9.17, 15) is 4.39 Å². The lowest BCUT2D eigenvalue weighted by molar-refractivity contribution is 0.567. The van der Waals surface area contributed by atoms with Gasteiger partial charge in [0.25, 0.3) is 0 Å². The third kappa shape index (κ3) is 4.75. The van der Waals surface area contributed by atoms with Gasteiger partial charge in [-0.3, -0.25) is 0 Å². The average molecular weight is 223 g/mol. The third-order valence-electron chi connectivity index (χ3n) is 2.72. The first-order valence-electron chi connectivity index (χ1n) is 6.19. The molecule has 1 aromatic carbocycles. The number of rotatable bonds is 7. The van der Waals surface area contributed by atoms with E-state index in [4.69, 9.17) is 0 Å². The van der Waals surface area contributed by atoms with Crippen LogP contribution in [0.4, 0.5) is 4.39 Å². The Balaban J connectivity index is 2.23. The van der Waals surface area contributed by atoms with Gasteiger partial charge in [0.2, 0.25) is 0 Å². The standard InChI is InChI=1S/C14H22FN/c1-3-4-5-6-9-16-11-13-10-12(2)7-8-14(13)15/h7-8,10,16H,3-6,9,11H2,1-2H3. The molecule has 1 aromatic rings. The summed E-state index contributed by atoms with van der Waals surface area (Å²) in [4.78, 5) is 0. The Hall–Kier alpha value is -0.890. The maximum absolute atomic E-state index is 13.4. The molecule has 0 saturated heterocycles. The first-order chi connectivity index (χ1) is 7.74. The van der Waals surface area contributed by atoms with Crippen molar-refractivity contribution in [2.75, 3.05) is 6.54 Å². The van der Waals surface area contributed by atoms with Crippen LogP contribution in [-0.2, 0) is 6.54 Å². The van der Waals surface area contributed by atoms with Crippen molar-refractivity contribution in [3.05, 3.63) is 35.1 Å². The number of nitrogens with one attached hydrogen (secondary N) is 1. The molecule has 1 nitrogen and oxygen atoms in total. The van der Waals surface area contributed by atoms with Gasteiger partial charge in [0.05, 0.1) is 0 Å². The summed E-state index contributed by atoms with van der Waals surface area (Å²) in [6.07, 6.45) is 4.99. The van der Waals surface area contributed by atoms with Gasteiger partial charge in [-0.1, -0.05) is 43.9 Å². The fourth-order valence-electron chi connectivity index (χ4n) is 1.74. The Labute approximate surface area is 98.1 Å². The quantitative estimate of drug-likeness (QED) is 0.693. The molecule has 0 amide bonds. The van der Waals surface area contributed by atoms with Crippen molar-refractivity contribution < 1.29 is 4.39 Å². The normalized spacial score (nSPS) is 10.7. The fraction of sp³-hybridized carbons (Fsp3) is 0.571. The Morgan fingerprint density at radius 1 is 1.19 bits per heavy atom. The Bertz CT molecular complexity index is 310. The summed E-state index contributed by atoms with van der Waals surface area (Å²) in [5, 5.41) is 3.29. The molecule has 0 aliphatic rings. The maximum Gasteiger partial charge on any atom is 0.127 e. The van der Waals surface area contributed by atoms with Gasteiger partial charge < -0.3 is 5.32 Å². The predicted octanol–water partition coefficient (Wildman–Crippen LogP) is 3.80. The lowest BCUT2D eigenvalue weighted by Crippen LogP contribution is -2.15. The topological polar surface area (TPSA) is 12.0 Å². The smallest absolute Gasteiger partial charge is 0.127 e. The van der Waals surface area contributed by atoms with Gasteiger partial charge in [-0.05, 0) is 26.0 Å². The van der Waals surface area contributed by atoms with Crippen LogP contribution >= 0.6 is 0 Å². The van der Waals surface area contributed by atoms with Crippen LogP contribution in [0.2, 0.25) is 0 Å². The van der Waals surface area contributed by atoms with Gasteiger partial charge in [-0.15, -0.1) is 0 Å². The minimum Gasteiger partial charge on any atom is -0.313 e. The molecule has 2 heteroatoms. The van der Waals surface area contributed by atoms with E-state index in [1.165, 1.54) is 25.7 Å². The van der Waals surface area contributed by atoms with Crippen molar-refractivity contribution in [3.8, 4) is 0 Å². The molecule has 0 aliphatic carbocycles. The lowest BCUT2D eigenvalue weighted by Gasteiger charge is -2.06. The zero-order valence-electron chi connectivity index (χ0n) is 10.4. The van der Waals surface area contributed by atoms with Crippen molar-refractivity contribution in [2.24, 2.45) is 0 Å². The molecule has 0 unspecified atom stereocenters. The van der Waals surface area contributed by atoms with E-state index in [2.05, 4.69) is 12.2 Å². The van der Waals surface area contributed by atoms with Crippen molar-refractivity contribution in [2.45, 2.75) is 46.1 Å². The van der Waals surface area contributed by atoms with E-state index in [0.717, 1.165) is 17.7 Å². The van der Waals surface area contributed by atoms with Crippen molar-refractivity contribution >= 4 is 0 Å². The first-order valence-corrected chi connectivity index (χ1v) is 6.19. The molecular formula is C14H22FN. The second-order valence-corrected chi connectivity index (χ2v) is 4.33. The first kappa shape index (κ1) is 13.2. The van der Waals surface area contributed by atoms with E-state index < -0.39 is 0 Å². The highest BCUT2D eigenvalue weighted by molar-refractivity contribution is 5.23. The van der Waals surface area contributed by atoms with Crippen LogP contribution < -0.4 is 5.32 Å². The number of hydrogen-bond acceptors (Lipinski definition) is 1. The summed E-state index contributed by atoms with van der Waals surface area (Å²) in [6.45, 7) is 5.81. The summed E-state index contributed by atoms with van der Waals surface area (Å²) >= 11 is 0. The monoisotopic (exact) mass is 223 g/mol. The van der Waals surface area contributed by atoms with Crippen LogP contribution in [0.1, 0.15) is 43.7 Å². The molecule has 1 N–H and O–H groups in total. The predicted molar refractivity (Wildman–Crippen MR) is 67.0 cm³/mol. The molecule has 90 valence electrons. The second-order valence-electron chi connectivity index (χ2n) is 4.33. The van der Waals surface area contributed by atoms with Crippen molar-refractivity contribution in [1.29, 1.82) is 0 Å². The third-order valence-corrected chi connectivity index (χ3v) is 2.72. The summed E-state index contributed by atoms with van der Waals surface area (Å²) < 4.78 is 13.4. The molecule has 0 fully saturated rings. The zero-order chi connectivity index (χ0) is 11.8. The molecular weight excluding hydrogens is 201 g/mol. The summed E-state index contributed by atoms with van der Waals surface area (Å²) in [5.74, 6) is -0.105. The Morgan fingerprint density at radius 2 is 2.00 bits per heavy atom. The maximum atomic E-state index is 13.4. The minimum absolute atomic E-state index is 0.105. The van der Waals surface area contributed by atoms with Gasteiger partial charge in [0, 0.05) is 12.1 Å².